The van der Waals surface area contributed by atoms with Crippen LogP contribution in [0.2, 0.25) is 5.02 Å². The first-order chi connectivity index (χ1) is 56.3. The van der Waals surface area contributed by atoms with E-state index in [1.807, 2.05) is 56.3 Å². The van der Waals surface area contributed by atoms with Crippen molar-refractivity contribution in [3.05, 3.63) is 178 Å². The van der Waals surface area contributed by atoms with E-state index in [9.17, 15) is 53.1 Å². The van der Waals surface area contributed by atoms with Gasteiger partial charge in [-0.25, -0.2) is 4.79 Å². The van der Waals surface area contributed by atoms with Crippen molar-refractivity contribution in [1.29, 1.82) is 0 Å². The molecule has 0 aliphatic carbocycles. The number of hydrogen-bond acceptors (Lipinski definition) is 18. The molecule has 3 heterocycles. The van der Waals surface area contributed by atoms with Gasteiger partial charge in [0, 0.05) is 88.2 Å². The van der Waals surface area contributed by atoms with Crippen LogP contribution in [0.5, 0.6) is 0 Å². The normalized spacial score (nSPS) is 16.1. The predicted octanol–water partition coefficient (Wildman–Crippen LogP) is 1.66. The maximum absolute atomic E-state index is 15.5. The number of hydrogen-bond donors (Lipinski definition) is 16. The Morgan fingerprint density at radius 1 is 0.542 bits per heavy atom. The summed E-state index contributed by atoms with van der Waals surface area (Å²) in [6, 6.07) is 19.4. The van der Waals surface area contributed by atoms with Gasteiger partial charge in [-0.1, -0.05) is 136 Å². The molecule has 118 heavy (non-hydrogen) atoms. The van der Waals surface area contributed by atoms with Crippen LogP contribution in [-0.2, 0) is 106 Å². The molecule has 11 atom stereocenters. The summed E-state index contributed by atoms with van der Waals surface area (Å²) in [6.45, 7) is 11.0. The van der Waals surface area contributed by atoms with Crippen LogP contribution in [-0.4, -0.2) is 196 Å². The summed E-state index contributed by atoms with van der Waals surface area (Å²) in [5.74, 6) is -11.0. The second kappa shape index (κ2) is 44.8. The van der Waals surface area contributed by atoms with Crippen LogP contribution in [0.3, 0.4) is 0 Å². The minimum atomic E-state index is -1.90. The van der Waals surface area contributed by atoms with Gasteiger partial charge in [-0.15, -0.1) is 0 Å². The van der Waals surface area contributed by atoms with Crippen molar-refractivity contribution in [2.24, 2.45) is 11.7 Å². The number of pyridine rings is 1. The molecule has 0 saturated carbocycles. The topological polar surface area (TPSA) is 487 Å². The van der Waals surface area contributed by atoms with Crippen LogP contribution in [0.25, 0.3) is 10.8 Å². The molecular weight excluding hydrogens is 1540 g/mol. The largest absolute Gasteiger partial charge is 0.394 e. The van der Waals surface area contributed by atoms with Gasteiger partial charge in [0.1, 0.15) is 66.5 Å². The van der Waals surface area contributed by atoms with Crippen LogP contribution >= 0.6 is 11.6 Å². The van der Waals surface area contributed by atoms with Crippen molar-refractivity contribution >= 4 is 117 Å². The van der Waals surface area contributed by atoms with E-state index >= 15 is 24.0 Å². The molecule has 1 aromatic heterocycles. The molecule has 5 aromatic carbocycles. The van der Waals surface area contributed by atoms with Crippen molar-refractivity contribution in [2.45, 2.75) is 205 Å². The Balaban J connectivity index is 1.09. The van der Waals surface area contributed by atoms with Crippen molar-refractivity contribution < 1.29 is 77.0 Å². The zero-order valence-corrected chi connectivity index (χ0v) is 67.8. The molecule has 16 amide bonds. The number of benzene rings is 5. The number of nitrogens with two attached hydrogens (primary N) is 1. The fraction of sp³-hybridized carbons (Fsp3) is 0.429. The maximum atomic E-state index is 15.5. The highest BCUT2D eigenvalue weighted by atomic mass is 35.5. The van der Waals surface area contributed by atoms with E-state index < -0.39 is 156 Å². The van der Waals surface area contributed by atoms with E-state index in [0.717, 1.165) is 10.8 Å². The summed E-state index contributed by atoms with van der Waals surface area (Å²) < 4.78 is 0. The van der Waals surface area contributed by atoms with Gasteiger partial charge in [-0.3, -0.25) is 77.4 Å². The number of unbranched alkanes of at least 4 members (excludes halogenated alkanes) is 1. The van der Waals surface area contributed by atoms with E-state index in [1.165, 1.54) is 38.1 Å². The number of primary amides is 1. The molecule has 17 N–H and O–H groups in total. The molecule has 0 unspecified atom stereocenters. The minimum Gasteiger partial charge on any atom is -0.394 e. The zero-order valence-electron chi connectivity index (χ0n) is 67.0. The van der Waals surface area contributed by atoms with E-state index in [4.69, 9.17) is 17.3 Å². The molecule has 2 aliphatic rings. The average molecular weight is 1650 g/mol. The molecule has 0 spiro atoms. The second-order valence-corrected chi connectivity index (χ2v) is 30.7. The van der Waals surface area contributed by atoms with Crippen LogP contribution in [0.4, 0.5) is 10.5 Å². The predicted molar refractivity (Wildman–Crippen MR) is 438 cm³/mol. The van der Waals surface area contributed by atoms with Gasteiger partial charge in [0.05, 0.1) is 13.0 Å². The number of nitrogens with one attached hydrogen (secondary N) is 14. The fourth-order valence-corrected chi connectivity index (χ4v) is 13.7. The highest BCUT2D eigenvalue weighted by molar-refractivity contribution is 6.30. The van der Waals surface area contributed by atoms with Crippen LogP contribution in [0.1, 0.15) is 127 Å². The molecule has 630 valence electrons. The molecule has 2 saturated heterocycles. The number of fused-ring (bicyclic) bond motifs is 1. The summed E-state index contributed by atoms with van der Waals surface area (Å²) in [6.07, 6.45) is 3.30. The molecule has 0 bridgehead atoms. The summed E-state index contributed by atoms with van der Waals surface area (Å²) in [5, 5.41) is 50.9. The first kappa shape index (κ1) is 91.3. The van der Waals surface area contributed by atoms with Crippen molar-refractivity contribution in [3.8, 4) is 0 Å². The average Bonchev–Trinajstić information content (AvgIpc) is 1.78. The third-order valence-electron chi connectivity index (χ3n) is 19.8. The molecule has 2 fully saturated rings. The lowest BCUT2D eigenvalue weighted by molar-refractivity contribution is -0.142. The van der Waals surface area contributed by atoms with Gasteiger partial charge in [0.25, 0.3) is 0 Å². The monoisotopic (exact) mass is 1640 g/mol. The van der Waals surface area contributed by atoms with Crippen LogP contribution < -0.4 is 80.2 Å². The number of rotatable bonds is 42. The lowest BCUT2D eigenvalue weighted by Crippen LogP contribution is -2.62. The lowest BCUT2D eigenvalue weighted by Gasteiger charge is -2.31. The van der Waals surface area contributed by atoms with Gasteiger partial charge >= 0.3 is 6.03 Å². The summed E-state index contributed by atoms with van der Waals surface area (Å²) in [7, 11) is 0. The number of halogens is 1. The number of aliphatic hydroxyl groups excluding tert-OH is 1. The quantitative estimate of drug-likeness (QED) is 0.0242. The SMILES string of the molecule is CC(=O)Nc1ccc(C[C@@H](NC(=O)[C@H](Cc2ccc(CNC(=O)[C@@H]3CC(=O)NC(=O)N3)cc2)NC(=O)[C@H](CO)NC(=O)[C@@H](Cc2cccnc2)NC(=O)[C@@H](Cc2ccc(Cl)cc2)NC(=O)[C@@H](Cc2ccc3ccccc3c2)NC(C)=O)C(=O)N[C@@H](CC(C)C)C(=O)N[C@@H](CCCCNC(C)C)C(=O)N2CCC[C@H]2C(=O)N[C@H](C)C(N)=O)cc1. The molecule has 34 heteroatoms. The van der Waals surface area contributed by atoms with Gasteiger partial charge < -0.3 is 84.9 Å². The van der Waals surface area contributed by atoms with E-state index in [2.05, 4.69) is 79.4 Å². The number of nitrogens with zero attached hydrogens (tertiary/aromatic N) is 2. The summed E-state index contributed by atoms with van der Waals surface area (Å²) >= 11 is 6.27. The minimum absolute atomic E-state index is 0.00937. The van der Waals surface area contributed by atoms with E-state index in [0.29, 0.717) is 69.9 Å². The Kier molecular flexibility index (Phi) is 34.6. The molecule has 0 radical (unpaired) electrons. The summed E-state index contributed by atoms with van der Waals surface area (Å²) in [5.41, 5.74) is 8.77. The fourth-order valence-electron chi connectivity index (χ4n) is 13.6. The standard InChI is InChI=1S/C84H106ClN17O16/c1-47(2)36-63(75(109)93-62(17-10-11-34-88-48(3)4)83(117)102-35-13-18-71(102)82(116)90-49(5)73(86)107)94-77(111)66(40-54-26-31-61(32-27-54)91-50(6)104)96-79(113)67(38-52-19-21-55(22-20-52)45-89-74(108)69-43-72(106)101-84(118)100-69)98-81(115)70(46-103)99-80(114)68(42-57-14-12-33-87-44-57)97-78(112)65(39-53-24-29-60(85)30-25-53)95-76(110)64(92-51(7)105)41-56-23-28-58-15-8-9-16-59(58)37-56/h8-9,12,14-16,19-33,37,44,47-49,62-71,88,103H,10-11,13,17-18,34-36,38-43,45-46H2,1-7H3,(H2,86,107)(H,89,108)(H,90,116)(H,91,104)(H,92,105)(H,93,109)(H,94,111)(H,95,110)(H,96,113)(H,97,112)(H,98,115)(H,99,114)(H2,100,101,106,118)/t49-,62+,63+,64-,65-,66-,67+,68-,69+,70+,71+/m1/s1. The number of aliphatic hydroxyl groups is 1. The van der Waals surface area contributed by atoms with Gasteiger partial charge in [0.15, 0.2) is 0 Å². The Morgan fingerprint density at radius 2 is 1.04 bits per heavy atom. The Labute approximate surface area is 688 Å². The maximum Gasteiger partial charge on any atom is 0.322 e. The highest BCUT2D eigenvalue weighted by Crippen LogP contribution is 2.23. The van der Waals surface area contributed by atoms with Crippen molar-refractivity contribution in [1.82, 2.24) is 79.0 Å². The third-order valence-corrected chi connectivity index (χ3v) is 20.0. The first-order valence-electron chi connectivity index (χ1n) is 39.4. The first-order valence-corrected chi connectivity index (χ1v) is 39.7. The number of imide groups is 1. The molecular formula is C84H106ClN17O16. The number of anilines is 1. The van der Waals surface area contributed by atoms with Crippen LogP contribution in [0, 0.1) is 5.92 Å². The smallest absolute Gasteiger partial charge is 0.322 e. The van der Waals surface area contributed by atoms with Crippen molar-refractivity contribution in [3.63, 3.8) is 0 Å². The van der Waals surface area contributed by atoms with Crippen LogP contribution in [0.15, 0.2) is 140 Å². The van der Waals surface area contributed by atoms with E-state index in [-0.39, 0.29) is 88.7 Å². The Morgan fingerprint density at radius 3 is 1.58 bits per heavy atom. The molecule has 6 aromatic rings. The zero-order chi connectivity index (χ0) is 85.7. The number of carbonyl (C=O) groups is 15. The number of carbonyl (C=O) groups excluding carboxylic acids is 15. The van der Waals surface area contributed by atoms with Crippen molar-refractivity contribution in [2.75, 3.05) is 25.0 Å². The highest BCUT2D eigenvalue weighted by Gasteiger charge is 2.41. The number of likely N-dealkylation sites (tertiary alicyclic amines) is 1. The lowest BCUT2D eigenvalue weighted by atomic mass is 9.99. The Hall–Kier alpha value is -12.2. The third kappa shape index (κ3) is 28.9. The Bertz CT molecular complexity index is 4540. The number of urea groups is 1. The van der Waals surface area contributed by atoms with Gasteiger partial charge in [-0.2, -0.15) is 0 Å². The molecule has 33 nitrogen and oxygen atoms in total. The summed E-state index contributed by atoms with van der Waals surface area (Å²) in [4.78, 5) is 213. The van der Waals surface area contributed by atoms with E-state index in [1.54, 1.807) is 98.8 Å². The number of amides is 16. The second-order valence-electron chi connectivity index (χ2n) is 30.3. The molecule has 2 aliphatic heterocycles. The van der Waals surface area contributed by atoms with Gasteiger partial charge in [0.2, 0.25) is 82.7 Å². The van der Waals surface area contributed by atoms with Gasteiger partial charge in [-0.05, 0) is 132 Å². The molecule has 8 rings (SSSR count). The number of aromatic nitrogens is 1.